The van der Waals surface area contributed by atoms with E-state index in [-0.39, 0.29) is 5.97 Å². The number of aryl methyl sites for hydroxylation is 1. The summed E-state index contributed by atoms with van der Waals surface area (Å²) in [5, 5.41) is 4.03. The van der Waals surface area contributed by atoms with E-state index in [4.69, 9.17) is 0 Å². The predicted molar refractivity (Wildman–Crippen MR) is 49.0 cm³/mol. The van der Waals surface area contributed by atoms with Gasteiger partial charge in [-0.1, -0.05) is 0 Å². The molecule has 0 aromatic carbocycles. The second-order valence-electron chi connectivity index (χ2n) is 2.67. The Balaban J connectivity index is 2.80. The molecule has 1 aromatic rings. The van der Waals surface area contributed by atoms with Crippen molar-refractivity contribution in [3.05, 3.63) is 23.5 Å². The van der Waals surface area contributed by atoms with E-state index in [1.54, 1.807) is 17.0 Å². The maximum Gasteiger partial charge on any atom is 0.330 e. The third-order valence-electron chi connectivity index (χ3n) is 1.87. The second-order valence-corrected chi connectivity index (χ2v) is 2.67. The molecule has 0 N–H and O–H groups in total. The first-order valence-corrected chi connectivity index (χ1v) is 3.89. The summed E-state index contributed by atoms with van der Waals surface area (Å²) < 4.78 is 6.21. The van der Waals surface area contributed by atoms with E-state index in [1.807, 2.05) is 14.0 Å². The molecule has 0 atom stereocenters. The molecular weight excluding hydrogens is 168 g/mol. The molecule has 0 bridgehead atoms. The largest absolute Gasteiger partial charge is 0.466 e. The summed E-state index contributed by atoms with van der Waals surface area (Å²) >= 11 is 0. The van der Waals surface area contributed by atoms with Crippen molar-refractivity contribution in [2.75, 3.05) is 7.11 Å². The van der Waals surface area contributed by atoms with E-state index in [9.17, 15) is 4.79 Å². The Morgan fingerprint density at radius 3 is 2.85 bits per heavy atom. The molecule has 0 radical (unpaired) electrons. The SMILES string of the molecule is COC(=O)C=Cc1cnn(C)c1C. The molecule has 4 nitrogen and oxygen atoms in total. The van der Waals surface area contributed by atoms with E-state index in [1.165, 1.54) is 13.2 Å². The third-order valence-corrected chi connectivity index (χ3v) is 1.87. The Hall–Kier alpha value is -1.58. The summed E-state index contributed by atoms with van der Waals surface area (Å²) in [7, 11) is 3.20. The van der Waals surface area contributed by atoms with Gasteiger partial charge in [0.2, 0.25) is 0 Å². The van der Waals surface area contributed by atoms with Gasteiger partial charge in [-0.3, -0.25) is 4.68 Å². The molecule has 0 saturated heterocycles. The van der Waals surface area contributed by atoms with E-state index >= 15 is 0 Å². The third kappa shape index (κ3) is 2.18. The van der Waals surface area contributed by atoms with Crippen molar-refractivity contribution < 1.29 is 9.53 Å². The van der Waals surface area contributed by atoms with Gasteiger partial charge in [-0.2, -0.15) is 5.10 Å². The van der Waals surface area contributed by atoms with Crippen LogP contribution in [0, 0.1) is 6.92 Å². The smallest absolute Gasteiger partial charge is 0.330 e. The predicted octanol–water partition coefficient (Wildman–Crippen LogP) is 0.915. The minimum Gasteiger partial charge on any atom is -0.466 e. The van der Waals surface area contributed by atoms with E-state index in [0.717, 1.165) is 11.3 Å². The number of rotatable bonds is 2. The van der Waals surface area contributed by atoms with Crippen LogP contribution in [0.1, 0.15) is 11.3 Å². The van der Waals surface area contributed by atoms with Crippen LogP contribution in [0.3, 0.4) is 0 Å². The molecule has 0 aliphatic rings. The molecule has 0 amide bonds. The molecule has 0 spiro atoms. The summed E-state index contributed by atoms with van der Waals surface area (Å²) in [5.41, 5.74) is 1.94. The van der Waals surface area contributed by atoms with Crippen LogP contribution in [0.15, 0.2) is 12.3 Å². The Morgan fingerprint density at radius 1 is 1.69 bits per heavy atom. The summed E-state index contributed by atoms with van der Waals surface area (Å²) in [6.45, 7) is 1.93. The molecular formula is C9H12N2O2. The minimum absolute atomic E-state index is 0.358. The molecule has 0 fully saturated rings. The van der Waals surface area contributed by atoms with Gasteiger partial charge >= 0.3 is 5.97 Å². The summed E-state index contributed by atoms with van der Waals surface area (Å²) in [6.07, 6.45) is 4.77. The fourth-order valence-electron chi connectivity index (χ4n) is 0.905. The zero-order chi connectivity index (χ0) is 9.84. The Bertz CT molecular complexity index is 339. The van der Waals surface area contributed by atoms with Crippen molar-refractivity contribution in [2.24, 2.45) is 7.05 Å². The van der Waals surface area contributed by atoms with Gasteiger partial charge in [-0.15, -0.1) is 0 Å². The number of esters is 1. The molecule has 1 aromatic heterocycles. The van der Waals surface area contributed by atoms with Gasteiger partial charge < -0.3 is 4.74 Å². The average molecular weight is 180 g/mol. The number of carbonyl (C=O) groups excluding carboxylic acids is 1. The van der Waals surface area contributed by atoms with Crippen LogP contribution in [0.25, 0.3) is 6.08 Å². The second kappa shape index (κ2) is 3.89. The highest BCUT2D eigenvalue weighted by Crippen LogP contribution is 2.07. The standard InChI is InChI=1S/C9H12N2O2/c1-7-8(6-10-11(7)2)4-5-9(12)13-3/h4-6H,1-3H3. The number of nitrogens with zero attached hydrogens (tertiary/aromatic N) is 2. The van der Waals surface area contributed by atoms with Crippen molar-refractivity contribution in [1.82, 2.24) is 9.78 Å². The van der Waals surface area contributed by atoms with Crippen LogP contribution in [-0.2, 0) is 16.6 Å². The van der Waals surface area contributed by atoms with Crippen LogP contribution in [0.4, 0.5) is 0 Å². The van der Waals surface area contributed by atoms with Gasteiger partial charge in [0.05, 0.1) is 13.3 Å². The van der Waals surface area contributed by atoms with E-state index in [0.29, 0.717) is 0 Å². The first kappa shape index (κ1) is 9.51. The molecule has 0 unspecified atom stereocenters. The van der Waals surface area contributed by atoms with Crippen LogP contribution in [-0.4, -0.2) is 22.9 Å². The van der Waals surface area contributed by atoms with Gasteiger partial charge in [0.25, 0.3) is 0 Å². The molecule has 0 saturated carbocycles. The molecule has 1 rings (SSSR count). The van der Waals surface area contributed by atoms with E-state index < -0.39 is 0 Å². The summed E-state index contributed by atoms with van der Waals surface area (Å²) in [6, 6.07) is 0. The van der Waals surface area contributed by atoms with Crippen molar-refractivity contribution >= 4 is 12.0 Å². The molecule has 70 valence electrons. The summed E-state index contributed by atoms with van der Waals surface area (Å²) in [5.74, 6) is -0.358. The fourth-order valence-corrected chi connectivity index (χ4v) is 0.905. The zero-order valence-corrected chi connectivity index (χ0v) is 7.94. The highest BCUT2D eigenvalue weighted by atomic mass is 16.5. The molecule has 0 aliphatic heterocycles. The first-order chi connectivity index (χ1) is 6.15. The number of carbonyl (C=O) groups is 1. The average Bonchev–Trinajstić information content (AvgIpc) is 2.44. The normalized spacial score (nSPS) is 10.7. The maximum atomic E-state index is 10.8. The molecule has 1 heterocycles. The minimum atomic E-state index is -0.358. The lowest BCUT2D eigenvalue weighted by Gasteiger charge is -1.93. The van der Waals surface area contributed by atoms with Crippen LogP contribution in [0.2, 0.25) is 0 Å². The topological polar surface area (TPSA) is 44.1 Å². The molecule has 4 heteroatoms. The summed E-state index contributed by atoms with van der Waals surface area (Å²) in [4.78, 5) is 10.8. The number of hydrogen-bond donors (Lipinski definition) is 0. The van der Waals surface area contributed by atoms with E-state index in [2.05, 4.69) is 9.84 Å². The number of hydrogen-bond acceptors (Lipinski definition) is 3. The number of ether oxygens (including phenoxy) is 1. The van der Waals surface area contributed by atoms with Gasteiger partial charge in [0.15, 0.2) is 0 Å². The van der Waals surface area contributed by atoms with Crippen molar-refractivity contribution in [3.63, 3.8) is 0 Å². The lowest BCUT2D eigenvalue weighted by atomic mass is 10.2. The van der Waals surface area contributed by atoms with Crippen LogP contribution >= 0.6 is 0 Å². The van der Waals surface area contributed by atoms with Crippen LogP contribution < -0.4 is 0 Å². The quantitative estimate of drug-likeness (QED) is 0.502. The fraction of sp³-hybridized carbons (Fsp3) is 0.333. The van der Waals surface area contributed by atoms with Crippen molar-refractivity contribution in [1.29, 1.82) is 0 Å². The molecule has 0 aliphatic carbocycles. The zero-order valence-electron chi connectivity index (χ0n) is 7.94. The van der Waals surface area contributed by atoms with Crippen LogP contribution in [0.5, 0.6) is 0 Å². The number of aromatic nitrogens is 2. The molecule has 13 heavy (non-hydrogen) atoms. The Kier molecular flexibility index (Phi) is 2.84. The Labute approximate surface area is 76.8 Å². The van der Waals surface area contributed by atoms with Gasteiger partial charge in [0.1, 0.15) is 0 Å². The number of methoxy groups -OCH3 is 1. The lowest BCUT2D eigenvalue weighted by molar-refractivity contribution is -0.134. The van der Waals surface area contributed by atoms with Gasteiger partial charge in [-0.05, 0) is 13.0 Å². The highest BCUT2D eigenvalue weighted by Gasteiger charge is 1.99. The van der Waals surface area contributed by atoms with Gasteiger partial charge in [-0.25, -0.2) is 4.79 Å². The monoisotopic (exact) mass is 180 g/mol. The Morgan fingerprint density at radius 2 is 2.38 bits per heavy atom. The highest BCUT2D eigenvalue weighted by molar-refractivity contribution is 5.87. The van der Waals surface area contributed by atoms with Crippen molar-refractivity contribution in [2.45, 2.75) is 6.92 Å². The van der Waals surface area contributed by atoms with Gasteiger partial charge in [0, 0.05) is 24.4 Å². The maximum absolute atomic E-state index is 10.8. The first-order valence-electron chi connectivity index (χ1n) is 3.89. The lowest BCUT2D eigenvalue weighted by Crippen LogP contribution is -1.94. The van der Waals surface area contributed by atoms with Crippen molar-refractivity contribution in [3.8, 4) is 0 Å².